The highest BCUT2D eigenvalue weighted by atomic mass is 32.1. The van der Waals surface area contributed by atoms with Crippen molar-refractivity contribution < 1.29 is 19.8 Å². The zero-order chi connectivity index (χ0) is 26.1. The van der Waals surface area contributed by atoms with Crippen molar-refractivity contribution in [2.45, 2.75) is 39.5 Å². The maximum atomic E-state index is 12.9. The van der Waals surface area contributed by atoms with Gasteiger partial charge in [-0.05, 0) is 44.0 Å². The van der Waals surface area contributed by atoms with Gasteiger partial charge in [0.25, 0.3) is 11.8 Å². The first-order valence-electron chi connectivity index (χ1n) is 11.7. The minimum atomic E-state index is -0.542. The lowest BCUT2D eigenvalue weighted by Crippen LogP contribution is -2.35. The standard InChI is InChI=1S/C27H32N4O4S/c1-18-7-9-21(10-8-18)12-28-30-27(35)24-16-36-17-25(24)29-26(34)23-6-4-5-22(11-23)15-31(13-19(2)32)14-20(3)33/h4-12,16-17,19-20,32-33H,13-15H2,1-3H3,(H,29,34)(H,30,35)/b28-12+. The van der Waals surface area contributed by atoms with Crippen LogP contribution in [0.2, 0.25) is 0 Å². The fraction of sp³-hybridized carbons (Fsp3) is 0.296. The van der Waals surface area contributed by atoms with E-state index >= 15 is 0 Å². The van der Waals surface area contributed by atoms with Crippen molar-refractivity contribution >= 4 is 35.1 Å². The molecule has 3 aromatic rings. The Morgan fingerprint density at radius 1 is 1.03 bits per heavy atom. The van der Waals surface area contributed by atoms with Crippen LogP contribution in [0, 0.1) is 6.92 Å². The van der Waals surface area contributed by atoms with Crippen molar-refractivity contribution in [2.75, 3.05) is 18.4 Å². The number of hydrogen-bond acceptors (Lipinski definition) is 7. The summed E-state index contributed by atoms with van der Waals surface area (Å²) in [7, 11) is 0. The monoisotopic (exact) mass is 508 g/mol. The molecule has 36 heavy (non-hydrogen) atoms. The quantitative estimate of drug-likeness (QED) is 0.233. The fourth-order valence-corrected chi connectivity index (χ4v) is 4.42. The van der Waals surface area contributed by atoms with E-state index in [1.54, 1.807) is 49.0 Å². The second kappa shape index (κ2) is 13.1. The maximum Gasteiger partial charge on any atom is 0.274 e. The molecule has 1 heterocycles. The molecule has 0 aliphatic rings. The third-order valence-corrected chi connectivity index (χ3v) is 6.00. The third-order valence-electron chi connectivity index (χ3n) is 5.25. The number of hydrazone groups is 1. The lowest BCUT2D eigenvalue weighted by atomic mass is 10.1. The van der Waals surface area contributed by atoms with Crippen LogP contribution in [0.1, 0.15) is 51.3 Å². The SMILES string of the molecule is Cc1ccc(/C=N/NC(=O)c2cscc2NC(=O)c2cccc(CN(CC(C)O)CC(C)O)c2)cc1. The van der Waals surface area contributed by atoms with Crippen LogP contribution in [0.3, 0.4) is 0 Å². The molecule has 0 spiro atoms. The molecule has 190 valence electrons. The molecule has 0 aliphatic heterocycles. The lowest BCUT2D eigenvalue weighted by molar-refractivity contribution is 0.0793. The zero-order valence-corrected chi connectivity index (χ0v) is 21.5. The van der Waals surface area contributed by atoms with Crippen molar-refractivity contribution in [3.8, 4) is 0 Å². The summed E-state index contributed by atoms with van der Waals surface area (Å²) in [6.07, 6.45) is 0.477. The molecule has 0 bridgehead atoms. The topological polar surface area (TPSA) is 114 Å². The van der Waals surface area contributed by atoms with Gasteiger partial charge in [0.2, 0.25) is 0 Å². The molecule has 2 aromatic carbocycles. The predicted octanol–water partition coefficient (Wildman–Crippen LogP) is 3.64. The van der Waals surface area contributed by atoms with E-state index in [2.05, 4.69) is 15.8 Å². The van der Waals surface area contributed by atoms with Crippen LogP contribution in [-0.4, -0.2) is 58.4 Å². The summed E-state index contributed by atoms with van der Waals surface area (Å²) in [4.78, 5) is 27.5. The number of nitrogens with one attached hydrogen (secondary N) is 2. The molecule has 1 aromatic heterocycles. The molecular formula is C27H32N4O4S. The van der Waals surface area contributed by atoms with Crippen LogP contribution in [0.15, 0.2) is 64.4 Å². The van der Waals surface area contributed by atoms with E-state index in [1.807, 2.05) is 42.2 Å². The Morgan fingerprint density at radius 3 is 2.39 bits per heavy atom. The molecule has 2 amide bonds. The van der Waals surface area contributed by atoms with E-state index in [-0.39, 0.29) is 5.91 Å². The first-order valence-corrected chi connectivity index (χ1v) is 12.6. The zero-order valence-electron chi connectivity index (χ0n) is 20.6. The summed E-state index contributed by atoms with van der Waals surface area (Å²) in [5.41, 5.74) is 6.54. The number of aliphatic hydroxyl groups is 2. The molecule has 0 fully saturated rings. The number of aryl methyl sites for hydroxylation is 1. The summed E-state index contributed by atoms with van der Waals surface area (Å²) in [6, 6.07) is 14.9. The number of amides is 2. The van der Waals surface area contributed by atoms with Gasteiger partial charge in [0.05, 0.1) is 29.7 Å². The van der Waals surface area contributed by atoms with Gasteiger partial charge in [0, 0.05) is 36.0 Å². The first-order chi connectivity index (χ1) is 17.2. The number of carbonyl (C=O) groups excluding carboxylic acids is 2. The van der Waals surface area contributed by atoms with Gasteiger partial charge in [0.15, 0.2) is 0 Å². The molecule has 2 atom stereocenters. The van der Waals surface area contributed by atoms with Gasteiger partial charge in [-0.15, -0.1) is 11.3 Å². The van der Waals surface area contributed by atoms with E-state index in [9.17, 15) is 19.8 Å². The van der Waals surface area contributed by atoms with Crippen molar-refractivity contribution in [3.63, 3.8) is 0 Å². The molecule has 0 saturated carbocycles. The van der Waals surface area contributed by atoms with Gasteiger partial charge in [0.1, 0.15) is 0 Å². The molecule has 8 nitrogen and oxygen atoms in total. The van der Waals surface area contributed by atoms with Crippen molar-refractivity contribution in [1.82, 2.24) is 10.3 Å². The summed E-state index contributed by atoms with van der Waals surface area (Å²) in [5, 5.41) is 29.7. The second-order valence-electron chi connectivity index (χ2n) is 8.86. The number of nitrogens with zero attached hydrogens (tertiary/aromatic N) is 2. The van der Waals surface area contributed by atoms with Gasteiger partial charge in [-0.1, -0.05) is 42.0 Å². The predicted molar refractivity (Wildman–Crippen MR) is 144 cm³/mol. The van der Waals surface area contributed by atoms with Crippen molar-refractivity contribution in [3.05, 3.63) is 87.1 Å². The molecule has 3 rings (SSSR count). The minimum Gasteiger partial charge on any atom is -0.392 e. The molecule has 4 N–H and O–H groups in total. The Morgan fingerprint density at radius 2 is 1.72 bits per heavy atom. The lowest BCUT2D eigenvalue weighted by Gasteiger charge is -2.25. The van der Waals surface area contributed by atoms with Crippen LogP contribution < -0.4 is 10.7 Å². The number of rotatable bonds is 11. The largest absolute Gasteiger partial charge is 0.392 e. The van der Waals surface area contributed by atoms with Crippen LogP contribution in [0.4, 0.5) is 5.69 Å². The number of aliphatic hydroxyl groups excluding tert-OH is 2. The van der Waals surface area contributed by atoms with E-state index in [1.165, 1.54) is 11.3 Å². The van der Waals surface area contributed by atoms with Gasteiger partial charge in [-0.2, -0.15) is 5.10 Å². The van der Waals surface area contributed by atoms with E-state index < -0.39 is 18.1 Å². The molecule has 0 radical (unpaired) electrons. The Hall–Kier alpha value is -3.37. The van der Waals surface area contributed by atoms with Crippen molar-refractivity contribution in [1.29, 1.82) is 0 Å². The van der Waals surface area contributed by atoms with Gasteiger partial charge in [-0.3, -0.25) is 14.5 Å². The van der Waals surface area contributed by atoms with Gasteiger partial charge in [-0.25, -0.2) is 5.43 Å². The van der Waals surface area contributed by atoms with E-state index in [0.717, 1.165) is 16.7 Å². The number of benzene rings is 2. The van der Waals surface area contributed by atoms with E-state index in [0.29, 0.717) is 36.4 Å². The minimum absolute atomic E-state index is 0.325. The Bertz CT molecular complexity index is 1180. The smallest absolute Gasteiger partial charge is 0.274 e. The third kappa shape index (κ3) is 8.39. The Labute approximate surface area is 215 Å². The molecule has 0 saturated heterocycles. The summed E-state index contributed by atoms with van der Waals surface area (Å²) in [6.45, 7) is 6.67. The Kier molecular flexibility index (Phi) is 9.89. The Balaban J connectivity index is 1.64. The average molecular weight is 509 g/mol. The summed E-state index contributed by atoms with van der Waals surface area (Å²) in [5.74, 6) is -0.763. The van der Waals surface area contributed by atoms with Crippen LogP contribution in [0.5, 0.6) is 0 Å². The van der Waals surface area contributed by atoms with Crippen LogP contribution in [-0.2, 0) is 6.54 Å². The van der Waals surface area contributed by atoms with Crippen LogP contribution >= 0.6 is 11.3 Å². The maximum absolute atomic E-state index is 12.9. The van der Waals surface area contributed by atoms with Gasteiger partial charge >= 0.3 is 0 Å². The summed E-state index contributed by atoms with van der Waals surface area (Å²) < 4.78 is 0. The normalized spacial score (nSPS) is 13.1. The van der Waals surface area contributed by atoms with E-state index in [4.69, 9.17) is 0 Å². The number of thiophene rings is 1. The molecule has 2 unspecified atom stereocenters. The highest BCUT2D eigenvalue weighted by Gasteiger charge is 2.17. The number of hydrogen-bond donors (Lipinski definition) is 4. The average Bonchev–Trinajstić information content (AvgIpc) is 3.28. The van der Waals surface area contributed by atoms with Crippen molar-refractivity contribution in [2.24, 2.45) is 5.10 Å². The van der Waals surface area contributed by atoms with Crippen LogP contribution in [0.25, 0.3) is 0 Å². The highest BCUT2D eigenvalue weighted by Crippen LogP contribution is 2.22. The highest BCUT2D eigenvalue weighted by molar-refractivity contribution is 7.08. The molecule has 9 heteroatoms. The summed E-state index contributed by atoms with van der Waals surface area (Å²) >= 11 is 1.30. The number of anilines is 1. The fourth-order valence-electron chi connectivity index (χ4n) is 3.66. The number of carbonyl (C=O) groups is 2. The first kappa shape index (κ1) is 27.2. The molecule has 0 aliphatic carbocycles. The molecular weight excluding hydrogens is 476 g/mol. The second-order valence-corrected chi connectivity index (χ2v) is 9.60. The van der Waals surface area contributed by atoms with Gasteiger partial charge < -0.3 is 15.5 Å².